The summed E-state index contributed by atoms with van der Waals surface area (Å²) in [5.74, 6) is 0.310. The van der Waals surface area contributed by atoms with Gasteiger partial charge in [0.2, 0.25) is 0 Å². The zero-order valence-electron chi connectivity index (χ0n) is 25.4. The molecule has 240 valence electrons. The number of nitrogens with zero attached hydrogens (tertiary/aromatic N) is 5. The highest BCUT2D eigenvalue weighted by atomic mass is 32.2. The van der Waals surface area contributed by atoms with Crippen molar-refractivity contribution < 1.29 is 31.2 Å². The van der Waals surface area contributed by atoms with E-state index in [1.54, 1.807) is 12.1 Å². The third kappa shape index (κ3) is 6.02. The van der Waals surface area contributed by atoms with Crippen molar-refractivity contribution in [2.75, 3.05) is 47.8 Å². The molecule has 0 saturated carbocycles. The maximum absolute atomic E-state index is 13.6. The summed E-state index contributed by atoms with van der Waals surface area (Å²) in [6.45, 7) is 9.06. The molecule has 0 aromatic carbocycles. The third-order valence-corrected chi connectivity index (χ3v) is 10.2. The fourth-order valence-corrected chi connectivity index (χ4v) is 7.02. The lowest BCUT2D eigenvalue weighted by Gasteiger charge is -2.34. The van der Waals surface area contributed by atoms with Gasteiger partial charge in [-0.3, -0.25) is 9.69 Å². The van der Waals surface area contributed by atoms with Gasteiger partial charge in [-0.1, -0.05) is 13.0 Å². The van der Waals surface area contributed by atoms with E-state index < -0.39 is 45.6 Å². The van der Waals surface area contributed by atoms with Crippen molar-refractivity contribution in [3.8, 4) is 0 Å². The largest absolute Gasteiger partial charge is 0.395 e. The molecule has 2 aromatic heterocycles. The summed E-state index contributed by atoms with van der Waals surface area (Å²) in [7, 11) is -4.36. The molecule has 0 spiro atoms. The number of alkyl halides is 3. The van der Waals surface area contributed by atoms with E-state index in [1.807, 2.05) is 18.7 Å². The Morgan fingerprint density at radius 1 is 1.07 bits per heavy atom. The van der Waals surface area contributed by atoms with Gasteiger partial charge in [-0.05, 0) is 76.6 Å². The minimum atomic E-state index is -4.50. The molecule has 5 rings (SSSR count). The number of halogens is 3. The number of aromatic nitrogens is 2. The molecule has 3 aliphatic rings. The minimum Gasteiger partial charge on any atom is -0.370 e. The number of urea groups is 1. The highest BCUT2D eigenvalue weighted by molar-refractivity contribution is 7.90. The number of fused-ring (bicyclic) bond motifs is 6. The van der Waals surface area contributed by atoms with Gasteiger partial charge < -0.3 is 15.1 Å². The quantitative estimate of drug-likeness (QED) is 0.505. The van der Waals surface area contributed by atoms with Crippen molar-refractivity contribution in [2.45, 2.75) is 64.2 Å². The van der Waals surface area contributed by atoms with E-state index in [4.69, 9.17) is 4.98 Å². The van der Waals surface area contributed by atoms with E-state index in [-0.39, 0.29) is 47.2 Å². The highest BCUT2D eigenvalue weighted by Crippen LogP contribution is 2.42. The lowest BCUT2D eigenvalue weighted by Crippen LogP contribution is -2.45. The predicted molar refractivity (Wildman–Crippen MR) is 159 cm³/mol. The lowest BCUT2D eigenvalue weighted by molar-refractivity contribution is -0.214. The summed E-state index contributed by atoms with van der Waals surface area (Å²) < 4.78 is 69.2. The average molecular weight is 638 g/mol. The number of hydrogen-bond donors (Lipinski definition) is 2. The molecule has 3 amide bonds. The molecule has 2 aromatic rings. The van der Waals surface area contributed by atoms with E-state index in [1.165, 1.54) is 23.1 Å². The molecule has 0 radical (unpaired) electrons. The first-order valence-corrected chi connectivity index (χ1v) is 16.1. The molecule has 5 heterocycles. The van der Waals surface area contributed by atoms with Crippen LogP contribution in [-0.4, -0.2) is 79.7 Å². The number of carbonyl (C=O) groups is 2. The van der Waals surface area contributed by atoms with Crippen molar-refractivity contribution in [1.29, 1.82) is 0 Å². The van der Waals surface area contributed by atoms with Crippen LogP contribution < -0.4 is 19.8 Å². The van der Waals surface area contributed by atoms with Crippen LogP contribution in [0.3, 0.4) is 0 Å². The highest BCUT2D eigenvalue weighted by Gasteiger charge is 2.50. The van der Waals surface area contributed by atoms with Crippen LogP contribution in [0.4, 0.5) is 35.4 Å². The maximum atomic E-state index is 13.6. The van der Waals surface area contributed by atoms with Gasteiger partial charge in [-0.15, -0.1) is 0 Å². The first-order chi connectivity index (χ1) is 20.4. The molecular formula is C29H38F3N7O4S. The molecule has 2 N–H and O–H groups in total. The second kappa shape index (κ2) is 11.1. The van der Waals surface area contributed by atoms with Gasteiger partial charge >= 0.3 is 12.2 Å². The van der Waals surface area contributed by atoms with Gasteiger partial charge in [0.05, 0.1) is 11.0 Å². The smallest absolute Gasteiger partial charge is 0.370 e. The number of sulfonamides is 1. The summed E-state index contributed by atoms with van der Waals surface area (Å²) in [6, 6.07) is 6.71. The molecule has 2 saturated heterocycles. The van der Waals surface area contributed by atoms with Crippen molar-refractivity contribution in [3.05, 3.63) is 35.9 Å². The number of carbonyl (C=O) groups excluding carboxylic acids is 2. The molecule has 11 nitrogen and oxygen atoms in total. The number of rotatable bonds is 3. The first-order valence-electron chi connectivity index (χ1n) is 14.6. The standard InChI is InChI=1S/C29H38F3N7O4S/c1-18-11-12-33-21-7-6-8-23(34-21)44(42,43)36-25(40)20-9-10-22(35-24(20)39-16-19(18)15-28(39,4)5)38-14-13-37(26(38)41)17-27(2,3)29(30,31)32/h6-10,18-19H,11-17H2,1-5H3,(H,33,34)(H,36,40)/t18-,19-/m0/s1. The van der Waals surface area contributed by atoms with Gasteiger partial charge in [0.15, 0.2) is 5.03 Å². The van der Waals surface area contributed by atoms with Gasteiger partial charge in [0.1, 0.15) is 17.5 Å². The van der Waals surface area contributed by atoms with E-state index in [0.29, 0.717) is 18.9 Å². The normalized spacial score (nSPS) is 23.9. The number of amides is 3. The molecule has 2 fully saturated rings. The Balaban J connectivity index is 1.54. The van der Waals surface area contributed by atoms with Crippen LogP contribution in [0.5, 0.6) is 0 Å². The monoisotopic (exact) mass is 637 g/mol. The molecule has 3 aliphatic heterocycles. The zero-order valence-corrected chi connectivity index (χ0v) is 26.2. The van der Waals surface area contributed by atoms with Crippen molar-refractivity contribution in [2.24, 2.45) is 17.3 Å². The molecule has 0 unspecified atom stereocenters. The Hall–Kier alpha value is -3.62. The van der Waals surface area contributed by atoms with Crippen molar-refractivity contribution in [3.63, 3.8) is 0 Å². The molecular weight excluding hydrogens is 599 g/mol. The van der Waals surface area contributed by atoms with E-state index in [9.17, 15) is 31.2 Å². The topological polar surface area (TPSA) is 128 Å². The SMILES string of the molecule is C[C@H]1CCNc2cccc(n2)S(=O)(=O)NC(=O)c2ccc(N3CCN(CC(C)(C)C(F)(F)F)C3=O)nc2N2C[C@@H]1CC2(C)C. The summed E-state index contributed by atoms with van der Waals surface area (Å²) in [4.78, 5) is 40.3. The van der Waals surface area contributed by atoms with E-state index in [2.05, 4.69) is 21.9 Å². The summed E-state index contributed by atoms with van der Waals surface area (Å²) in [5, 5.41) is 2.86. The molecule has 0 aliphatic carbocycles. The lowest BCUT2D eigenvalue weighted by atomic mass is 9.86. The van der Waals surface area contributed by atoms with Gasteiger partial charge in [-0.25, -0.2) is 19.5 Å². The Morgan fingerprint density at radius 2 is 1.80 bits per heavy atom. The fourth-order valence-electron chi connectivity index (χ4n) is 6.09. The second-order valence-corrected chi connectivity index (χ2v) is 14.8. The maximum Gasteiger partial charge on any atom is 0.395 e. The molecule has 2 atom stereocenters. The Kier molecular flexibility index (Phi) is 8.00. The predicted octanol–water partition coefficient (Wildman–Crippen LogP) is 4.48. The van der Waals surface area contributed by atoms with Crippen LogP contribution in [0, 0.1) is 17.3 Å². The molecule has 15 heteroatoms. The Morgan fingerprint density at radius 3 is 2.50 bits per heavy atom. The van der Waals surface area contributed by atoms with Gasteiger partial charge in [-0.2, -0.15) is 21.6 Å². The number of nitrogens with one attached hydrogen (secondary N) is 2. The Bertz CT molecular complexity index is 1560. The zero-order chi connectivity index (χ0) is 32.2. The number of hydrogen-bond acceptors (Lipinski definition) is 8. The fraction of sp³-hybridized carbons (Fsp3) is 0.586. The molecule has 44 heavy (non-hydrogen) atoms. The first kappa shape index (κ1) is 31.8. The summed E-state index contributed by atoms with van der Waals surface area (Å²) in [5.41, 5.74) is -2.60. The van der Waals surface area contributed by atoms with Gasteiger partial charge in [0.25, 0.3) is 15.9 Å². The van der Waals surface area contributed by atoms with Crippen molar-refractivity contribution in [1.82, 2.24) is 19.6 Å². The summed E-state index contributed by atoms with van der Waals surface area (Å²) in [6.07, 6.45) is -2.93. The number of pyridine rings is 2. The minimum absolute atomic E-state index is 0.00967. The van der Waals surface area contributed by atoms with Crippen LogP contribution in [-0.2, 0) is 10.0 Å². The third-order valence-electron chi connectivity index (χ3n) is 8.93. The Labute approximate surface area is 255 Å². The second-order valence-electron chi connectivity index (χ2n) is 13.2. The van der Waals surface area contributed by atoms with Gasteiger partial charge in [0, 0.05) is 38.3 Å². The van der Waals surface area contributed by atoms with Crippen LogP contribution in [0.2, 0.25) is 0 Å². The molecule has 4 bridgehead atoms. The average Bonchev–Trinajstić information content (AvgIpc) is 3.45. The summed E-state index contributed by atoms with van der Waals surface area (Å²) >= 11 is 0. The van der Waals surface area contributed by atoms with Crippen LogP contribution in [0.15, 0.2) is 35.4 Å². The number of anilines is 3. The van der Waals surface area contributed by atoms with E-state index >= 15 is 0 Å². The van der Waals surface area contributed by atoms with E-state index in [0.717, 1.165) is 31.6 Å². The van der Waals surface area contributed by atoms with Crippen LogP contribution in [0.1, 0.15) is 57.8 Å². The van der Waals surface area contributed by atoms with Crippen molar-refractivity contribution >= 4 is 39.4 Å². The van der Waals surface area contributed by atoms with Crippen LogP contribution >= 0.6 is 0 Å². The van der Waals surface area contributed by atoms with Crippen LogP contribution in [0.25, 0.3) is 0 Å².